The Bertz CT molecular complexity index is 453. The van der Waals surface area contributed by atoms with Crippen LogP contribution in [-0.4, -0.2) is 18.6 Å². The quantitative estimate of drug-likeness (QED) is 0.768. The van der Waals surface area contributed by atoms with E-state index in [2.05, 4.69) is 23.7 Å². The van der Waals surface area contributed by atoms with Gasteiger partial charge in [-0.15, -0.1) is 0 Å². The molecular weight excluding hydrogens is 242 g/mol. The van der Waals surface area contributed by atoms with Crippen LogP contribution in [0.2, 0.25) is 0 Å². The standard InChI is InChI=1S/C15H19NOS/c1-18-11-5-10-16-12-14-8-9-15(17-14)13-6-3-2-4-7-13/h2-4,6-9,16H,5,10-12H2,1H3. The monoisotopic (exact) mass is 261 g/mol. The number of hydrogen-bond donors (Lipinski definition) is 1. The van der Waals surface area contributed by atoms with Crippen molar-refractivity contribution in [3.05, 3.63) is 48.2 Å². The maximum absolute atomic E-state index is 5.81. The van der Waals surface area contributed by atoms with Crippen molar-refractivity contribution >= 4 is 11.8 Å². The predicted octanol–water partition coefficient (Wildman–Crippen LogP) is 3.79. The molecule has 0 saturated carbocycles. The third-order valence-electron chi connectivity index (χ3n) is 2.72. The highest BCUT2D eigenvalue weighted by Crippen LogP contribution is 2.21. The van der Waals surface area contributed by atoms with Gasteiger partial charge in [-0.1, -0.05) is 30.3 Å². The van der Waals surface area contributed by atoms with Crippen molar-refractivity contribution < 1.29 is 4.42 Å². The molecule has 0 unspecified atom stereocenters. The van der Waals surface area contributed by atoms with Crippen LogP contribution in [0.3, 0.4) is 0 Å². The first-order chi connectivity index (χ1) is 8.90. The van der Waals surface area contributed by atoms with Gasteiger partial charge in [0.05, 0.1) is 6.54 Å². The van der Waals surface area contributed by atoms with Gasteiger partial charge in [-0.05, 0) is 37.1 Å². The van der Waals surface area contributed by atoms with E-state index in [-0.39, 0.29) is 0 Å². The molecule has 0 aliphatic heterocycles. The van der Waals surface area contributed by atoms with Crippen LogP contribution in [-0.2, 0) is 6.54 Å². The molecule has 0 radical (unpaired) electrons. The minimum Gasteiger partial charge on any atom is -0.460 e. The molecule has 0 atom stereocenters. The first kappa shape index (κ1) is 13.2. The van der Waals surface area contributed by atoms with Crippen LogP contribution in [0.4, 0.5) is 0 Å². The van der Waals surface area contributed by atoms with E-state index in [1.54, 1.807) is 0 Å². The van der Waals surface area contributed by atoms with Crippen molar-refractivity contribution in [2.75, 3.05) is 18.6 Å². The summed E-state index contributed by atoms with van der Waals surface area (Å²) < 4.78 is 5.81. The average Bonchev–Trinajstić information content (AvgIpc) is 2.88. The van der Waals surface area contributed by atoms with Crippen LogP contribution in [0.5, 0.6) is 0 Å². The fourth-order valence-electron chi connectivity index (χ4n) is 1.78. The SMILES string of the molecule is CSCCCNCc1ccc(-c2ccccc2)o1. The molecule has 0 saturated heterocycles. The Labute approximate surface area is 113 Å². The predicted molar refractivity (Wildman–Crippen MR) is 78.8 cm³/mol. The maximum Gasteiger partial charge on any atom is 0.134 e. The van der Waals surface area contributed by atoms with E-state index in [9.17, 15) is 0 Å². The number of rotatable bonds is 7. The molecule has 2 aromatic rings. The minimum atomic E-state index is 0.807. The zero-order valence-corrected chi connectivity index (χ0v) is 11.5. The molecule has 2 nitrogen and oxygen atoms in total. The first-order valence-corrected chi connectivity index (χ1v) is 7.63. The van der Waals surface area contributed by atoms with Gasteiger partial charge < -0.3 is 9.73 Å². The lowest BCUT2D eigenvalue weighted by Crippen LogP contribution is -2.14. The van der Waals surface area contributed by atoms with Gasteiger partial charge in [0, 0.05) is 5.56 Å². The highest BCUT2D eigenvalue weighted by atomic mass is 32.2. The molecular formula is C15H19NOS. The molecule has 2 rings (SSSR count). The minimum absolute atomic E-state index is 0.807. The molecule has 0 aliphatic rings. The number of furan rings is 1. The Morgan fingerprint density at radius 3 is 2.72 bits per heavy atom. The molecule has 1 aromatic heterocycles. The smallest absolute Gasteiger partial charge is 0.134 e. The molecule has 1 aromatic carbocycles. The number of hydrogen-bond acceptors (Lipinski definition) is 3. The molecule has 18 heavy (non-hydrogen) atoms. The van der Waals surface area contributed by atoms with Crippen molar-refractivity contribution in [1.82, 2.24) is 5.32 Å². The van der Waals surface area contributed by atoms with Crippen molar-refractivity contribution in [1.29, 1.82) is 0 Å². The van der Waals surface area contributed by atoms with Crippen molar-refractivity contribution in [2.24, 2.45) is 0 Å². The van der Waals surface area contributed by atoms with Crippen molar-refractivity contribution in [3.8, 4) is 11.3 Å². The van der Waals surface area contributed by atoms with E-state index >= 15 is 0 Å². The van der Waals surface area contributed by atoms with Crippen LogP contribution < -0.4 is 5.32 Å². The van der Waals surface area contributed by atoms with Gasteiger partial charge in [0.25, 0.3) is 0 Å². The number of benzene rings is 1. The maximum atomic E-state index is 5.81. The average molecular weight is 261 g/mol. The molecule has 0 spiro atoms. The molecule has 0 aliphatic carbocycles. The summed E-state index contributed by atoms with van der Waals surface area (Å²) in [4.78, 5) is 0. The molecule has 0 amide bonds. The van der Waals surface area contributed by atoms with E-state index < -0.39 is 0 Å². The second-order valence-corrected chi connectivity index (χ2v) is 5.14. The van der Waals surface area contributed by atoms with Crippen molar-refractivity contribution in [3.63, 3.8) is 0 Å². The first-order valence-electron chi connectivity index (χ1n) is 6.24. The number of thioether (sulfide) groups is 1. The highest BCUT2D eigenvalue weighted by molar-refractivity contribution is 7.98. The van der Waals surface area contributed by atoms with E-state index in [1.807, 2.05) is 42.1 Å². The lowest BCUT2D eigenvalue weighted by atomic mass is 10.2. The summed E-state index contributed by atoms with van der Waals surface area (Å²) in [5.74, 6) is 3.15. The van der Waals surface area contributed by atoms with Gasteiger partial charge in [0.1, 0.15) is 11.5 Å². The van der Waals surface area contributed by atoms with Gasteiger partial charge in [-0.3, -0.25) is 0 Å². The second kappa shape index (κ2) is 7.29. The Morgan fingerprint density at radius 1 is 1.11 bits per heavy atom. The Balaban J connectivity index is 1.83. The Morgan fingerprint density at radius 2 is 1.94 bits per heavy atom. The van der Waals surface area contributed by atoms with Crippen LogP contribution in [0.1, 0.15) is 12.2 Å². The van der Waals surface area contributed by atoms with Gasteiger partial charge in [-0.2, -0.15) is 11.8 Å². The molecule has 3 heteroatoms. The van der Waals surface area contributed by atoms with Crippen LogP contribution in [0, 0.1) is 0 Å². The van der Waals surface area contributed by atoms with E-state index in [1.165, 1.54) is 12.2 Å². The molecule has 1 heterocycles. The van der Waals surface area contributed by atoms with Crippen LogP contribution in [0.15, 0.2) is 46.9 Å². The van der Waals surface area contributed by atoms with Crippen LogP contribution in [0.25, 0.3) is 11.3 Å². The summed E-state index contributed by atoms with van der Waals surface area (Å²) in [6.45, 7) is 1.85. The second-order valence-electron chi connectivity index (χ2n) is 4.16. The lowest BCUT2D eigenvalue weighted by molar-refractivity contribution is 0.494. The summed E-state index contributed by atoms with van der Waals surface area (Å²) in [6, 6.07) is 14.3. The normalized spacial score (nSPS) is 10.7. The molecule has 96 valence electrons. The number of nitrogens with one attached hydrogen (secondary N) is 1. The molecule has 0 fully saturated rings. The van der Waals surface area contributed by atoms with E-state index in [0.29, 0.717) is 0 Å². The summed E-state index contributed by atoms with van der Waals surface area (Å²) in [7, 11) is 0. The Hall–Kier alpha value is -1.19. The summed E-state index contributed by atoms with van der Waals surface area (Å²) in [5, 5.41) is 3.39. The summed E-state index contributed by atoms with van der Waals surface area (Å²) in [5.41, 5.74) is 1.13. The highest BCUT2D eigenvalue weighted by Gasteiger charge is 2.03. The van der Waals surface area contributed by atoms with Gasteiger partial charge in [-0.25, -0.2) is 0 Å². The van der Waals surface area contributed by atoms with Crippen molar-refractivity contribution in [2.45, 2.75) is 13.0 Å². The van der Waals surface area contributed by atoms with Gasteiger partial charge in [0.2, 0.25) is 0 Å². The van der Waals surface area contributed by atoms with Gasteiger partial charge >= 0.3 is 0 Å². The summed E-state index contributed by atoms with van der Waals surface area (Å²) in [6.07, 6.45) is 3.34. The van der Waals surface area contributed by atoms with E-state index in [4.69, 9.17) is 4.42 Å². The zero-order valence-electron chi connectivity index (χ0n) is 10.7. The van der Waals surface area contributed by atoms with E-state index in [0.717, 1.165) is 30.2 Å². The third kappa shape index (κ3) is 3.93. The topological polar surface area (TPSA) is 25.2 Å². The molecule has 1 N–H and O–H groups in total. The third-order valence-corrected chi connectivity index (χ3v) is 3.42. The Kier molecular flexibility index (Phi) is 5.36. The fraction of sp³-hybridized carbons (Fsp3) is 0.333. The molecule has 0 bridgehead atoms. The summed E-state index contributed by atoms with van der Waals surface area (Å²) >= 11 is 1.89. The largest absolute Gasteiger partial charge is 0.460 e. The zero-order chi connectivity index (χ0) is 12.6. The van der Waals surface area contributed by atoms with Crippen LogP contribution >= 0.6 is 11.8 Å². The van der Waals surface area contributed by atoms with Gasteiger partial charge in [0.15, 0.2) is 0 Å². The lowest BCUT2D eigenvalue weighted by Gasteiger charge is -2.01. The fourth-order valence-corrected chi connectivity index (χ4v) is 2.22.